The lowest BCUT2D eigenvalue weighted by molar-refractivity contribution is -0.132. The minimum Gasteiger partial charge on any atom is -0.478 e. The summed E-state index contributed by atoms with van der Waals surface area (Å²) >= 11 is 5.74. The van der Waals surface area contributed by atoms with Gasteiger partial charge in [0, 0.05) is 6.20 Å². The fourth-order valence-corrected chi connectivity index (χ4v) is 1.41. The Kier molecular flexibility index (Phi) is 4.72. The van der Waals surface area contributed by atoms with Crippen LogP contribution in [0, 0.1) is 0 Å². The summed E-state index contributed by atoms with van der Waals surface area (Å²) in [5.41, 5.74) is 0.971. The molecule has 0 saturated heterocycles. The molecule has 0 bridgehead atoms. The third-order valence-corrected chi connectivity index (χ3v) is 2.30. The second-order valence-corrected chi connectivity index (χ2v) is 3.77. The minimum absolute atomic E-state index is 0.221. The van der Waals surface area contributed by atoms with Crippen molar-refractivity contribution in [2.75, 3.05) is 0 Å². The first-order valence-corrected chi connectivity index (χ1v) is 5.35. The van der Waals surface area contributed by atoms with Crippen LogP contribution in [0.3, 0.4) is 0 Å². The number of aliphatic carboxylic acids is 1. The van der Waals surface area contributed by atoms with Gasteiger partial charge in [0.1, 0.15) is 0 Å². The molecule has 0 atom stereocenters. The molecule has 1 aromatic heterocycles. The van der Waals surface area contributed by atoms with E-state index in [0.717, 1.165) is 5.57 Å². The van der Waals surface area contributed by atoms with E-state index in [1.165, 1.54) is 12.3 Å². The van der Waals surface area contributed by atoms with Gasteiger partial charge < -0.3 is 5.11 Å². The van der Waals surface area contributed by atoms with Gasteiger partial charge in [0.25, 0.3) is 0 Å². The lowest BCUT2D eigenvalue weighted by atomic mass is 10.1. The summed E-state index contributed by atoms with van der Waals surface area (Å²) in [6, 6.07) is 0. The molecule has 0 aliphatic heterocycles. The van der Waals surface area contributed by atoms with Gasteiger partial charge in [-0.25, -0.2) is 4.79 Å². The number of aromatic nitrogens is 2. The van der Waals surface area contributed by atoms with Crippen molar-refractivity contribution < 1.29 is 9.90 Å². The normalized spacial score (nSPS) is 12.6. The summed E-state index contributed by atoms with van der Waals surface area (Å²) in [6.07, 6.45) is 7.87. The van der Waals surface area contributed by atoms with E-state index in [1.807, 2.05) is 0 Å². The Labute approximate surface area is 105 Å². The van der Waals surface area contributed by atoms with Crippen LogP contribution < -0.4 is 0 Å². The molecule has 1 rings (SSSR count). The van der Waals surface area contributed by atoms with Crippen molar-refractivity contribution in [3.63, 3.8) is 0 Å². The van der Waals surface area contributed by atoms with Gasteiger partial charge in [0.05, 0.1) is 23.3 Å². The van der Waals surface area contributed by atoms with Crippen LogP contribution in [-0.2, 0) is 11.3 Å². The maximum Gasteiger partial charge on any atom is 0.335 e. The molecule has 17 heavy (non-hydrogen) atoms. The van der Waals surface area contributed by atoms with Crippen LogP contribution in [0.5, 0.6) is 0 Å². The van der Waals surface area contributed by atoms with Gasteiger partial charge in [-0.1, -0.05) is 30.3 Å². The van der Waals surface area contributed by atoms with E-state index in [4.69, 9.17) is 16.7 Å². The highest BCUT2D eigenvalue weighted by Crippen LogP contribution is 2.10. The number of allylic oxidation sites excluding steroid dienone is 3. The van der Waals surface area contributed by atoms with Crippen molar-refractivity contribution >= 4 is 17.6 Å². The summed E-state index contributed by atoms with van der Waals surface area (Å²) in [5, 5.41) is 13.4. The molecule has 0 aliphatic carbocycles. The van der Waals surface area contributed by atoms with Crippen LogP contribution >= 0.6 is 11.6 Å². The van der Waals surface area contributed by atoms with Gasteiger partial charge >= 0.3 is 5.97 Å². The molecule has 0 spiro atoms. The van der Waals surface area contributed by atoms with Crippen LogP contribution in [0.4, 0.5) is 0 Å². The molecule has 90 valence electrons. The minimum atomic E-state index is -0.967. The van der Waals surface area contributed by atoms with Crippen LogP contribution in [0.1, 0.15) is 6.92 Å². The maximum atomic E-state index is 10.8. The Bertz CT molecular complexity index is 486. The van der Waals surface area contributed by atoms with Gasteiger partial charge in [-0.2, -0.15) is 5.10 Å². The van der Waals surface area contributed by atoms with E-state index < -0.39 is 5.97 Å². The monoisotopic (exact) mass is 252 g/mol. The Morgan fingerprint density at radius 1 is 1.71 bits per heavy atom. The highest BCUT2D eigenvalue weighted by molar-refractivity contribution is 6.30. The molecular weight excluding hydrogens is 240 g/mol. The Morgan fingerprint density at radius 2 is 2.41 bits per heavy atom. The molecule has 1 N–H and O–H groups in total. The molecular formula is C12H13ClN2O2. The standard InChI is InChI=1S/C12H13ClN2O2/c1-3-9(5-10(4-2)12(16)17)7-15-8-11(13)6-14-15/h3-6,8H,1,7H2,2H3,(H,16,17)/b9-5+,10-4+. The average Bonchev–Trinajstić information content (AvgIpc) is 2.69. The van der Waals surface area contributed by atoms with Crippen molar-refractivity contribution in [2.45, 2.75) is 13.5 Å². The predicted octanol–water partition coefficient (Wildman–Crippen LogP) is 2.68. The quantitative estimate of drug-likeness (QED) is 0.648. The maximum absolute atomic E-state index is 10.8. The molecule has 5 heteroatoms. The van der Waals surface area contributed by atoms with Gasteiger partial charge in [0.15, 0.2) is 0 Å². The number of rotatable bonds is 5. The molecule has 0 aliphatic rings. The van der Waals surface area contributed by atoms with E-state index in [2.05, 4.69) is 11.7 Å². The zero-order valence-electron chi connectivity index (χ0n) is 9.43. The lowest BCUT2D eigenvalue weighted by Crippen LogP contribution is -2.03. The smallest absolute Gasteiger partial charge is 0.335 e. The highest BCUT2D eigenvalue weighted by Gasteiger charge is 2.04. The zero-order valence-corrected chi connectivity index (χ0v) is 10.2. The van der Waals surface area contributed by atoms with Gasteiger partial charge in [0.2, 0.25) is 0 Å². The number of carboxylic acids is 1. The first-order valence-electron chi connectivity index (χ1n) is 4.97. The van der Waals surface area contributed by atoms with Crippen LogP contribution in [0.2, 0.25) is 5.02 Å². The third-order valence-electron chi connectivity index (χ3n) is 2.11. The second-order valence-electron chi connectivity index (χ2n) is 3.33. The molecule has 0 radical (unpaired) electrons. The van der Waals surface area contributed by atoms with Crippen molar-refractivity contribution in [3.05, 3.63) is 53.4 Å². The molecule has 0 fully saturated rings. The highest BCUT2D eigenvalue weighted by atomic mass is 35.5. The number of halogens is 1. The van der Waals surface area contributed by atoms with Gasteiger partial charge in [-0.3, -0.25) is 4.68 Å². The molecule has 1 heterocycles. The topological polar surface area (TPSA) is 55.1 Å². The Balaban J connectivity index is 2.88. The van der Waals surface area contributed by atoms with E-state index in [0.29, 0.717) is 11.6 Å². The summed E-state index contributed by atoms with van der Waals surface area (Å²) in [6.45, 7) is 5.75. The summed E-state index contributed by atoms with van der Waals surface area (Å²) in [4.78, 5) is 10.8. The van der Waals surface area contributed by atoms with Gasteiger partial charge in [-0.15, -0.1) is 0 Å². The number of carboxylic acid groups (broad SMARTS) is 1. The van der Waals surface area contributed by atoms with Crippen molar-refractivity contribution in [1.29, 1.82) is 0 Å². The first-order chi connectivity index (χ1) is 8.06. The number of hydrogen-bond acceptors (Lipinski definition) is 2. The van der Waals surface area contributed by atoms with E-state index in [-0.39, 0.29) is 5.57 Å². The fourth-order valence-electron chi connectivity index (χ4n) is 1.25. The summed E-state index contributed by atoms with van der Waals surface area (Å²) in [5.74, 6) is -0.967. The number of nitrogens with zero attached hydrogens (tertiary/aromatic N) is 2. The molecule has 0 unspecified atom stereocenters. The largest absolute Gasteiger partial charge is 0.478 e. The van der Waals surface area contributed by atoms with Gasteiger partial charge in [-0.05, 0) is 18.6 Å². The average molecular weight is 253 g/mol. The Morgan fingerprint density at radius 3 is 2.82 bits per heavy atom. The van der Waals surface area contributed by atoms with Crippen molar-refractivity contribution in [1.82, 2.24) is 9.78 Å². The molecule has 0 saturated carbocycles. The van der Waals surface area contributed by atoms with E-state index in [1.54, 1.807) is 30.0 Å². The lowest BCUT2D eigenvalue weighted by Gasteiger charge is -2.03. The van der Waals surface area contributed by atoms with Crippen LogP contribution in [0.15, 0.2) is 48.3 Å². The van der Waals surface area contributed by atoms with Crippen molar-refractivity contribution in [2.24, 2.45) is 0 Å². The summed E-state index contributed by atoms with van der Waals surface area (Å²) in [7, 11) is 0. The first kappa shape index (κ1) is 13.3. The van der Waals surface area contributed by atoms with Crippen molar-refractivity contribution in [3.8, 4) is 0 Å². The molecule has 1 aromatic rings. The predicted molar refractivity (Wildman–Crippen MR) is 66.9 cm³/mol. The van der Waals surface area contributed by atoms with E-state index in [9.17, 15) is 4.79 Å². The molecule has 0 aromatic carbocycles. The molecule has 4 nitrogen and oxygen atoms in total. The van der Waals surface area contributed by atoms with Crippen LogP contribution in [0.25, 0.3) is 0 Å². The number of hydrogen-bond donors (Lipinski definition) is 1. The third kappa shape index (κ3) is 3.92. The summed E-state index contributed by atoms with van der Waals surface area (Å²) < 4.78 is 1.62. The SMILES string of the molecule is C=C/C(=C\C(=C/C)C(=O)O)Cn1cc(Cl)cn1. The Hall–Kier alpha value is -1.81. The molecule has 0 amide bonds. The number of carbonyl (C=O) groups is 1. The zero-order chi connectivity index (χ0) is 12.8. The van der Waals surface area contributed by atoms with E-state index >= 15 is 0 Å². The second kappa shape index (κ2) is 6.06. The van der Waals surface area contributed by atoms with Crippen LogP contribution in [-0.4, -0.2) is 20.9 Å². The fraction of sp³-hybridized carbons (Fsp3) is 0.167.